The van der Waals surface area contributed by atoms with Gasteiger partial charge < -0.3 is 10.4 Å². The maximum Gasteiger partial charge on any atom is 0.320 e. The van der Waals surface area contributed by atoms with Crippen LogP contribution in [0.3, 0.4) is 0 Å². The number of amides is 2. The summed E-state index contributed by atoms with van der Waals surface area (Å²) in [5.41, 5.74) is 1.85. The summed E-state index contributed by atoms with van der Waals surface area (Å²) in [7, 11) is 0. The Morgan fingerprint density at radius 2 is 2.13 bits per heavy atom. The molecule has 0 unspecified atom stereocenters. The summed E-state index contributed by atoms with van der Waals surface area (Å²) in [6, 6.07) is 9.62. The van der Waals surface area contributed by atoms with E-state index >= 15 is 0 Å². The van der Waals surface area contributed by atoms with Crippen molar-refractivity contribution in [1.82, 2.24) is 10.3 Å². The summed E-state index contributed by atoms with van der Waals surface area (Å²) in [4.78, 5) is 16.6. The zero-order chi connectivity index (χ0) is 16.2. The Bertz CT molecular complexity index is 712. The lowest BCUT2D eigenvalue weighted by Gasteiger charge is -2.13. The van der Waals surface area contributed by atoms with Gasteiger partial charge in [0.25, 0.3) is 0 Å². The molecule has 0 bridgehead atoms. The van der Waals surface area contributed by atoms with Gasteiger partial charge in [0.15, 0.2) is 0 Å². The molecule has 0 radical (unpaired) electrons. The number of urea groups is 1. The number of benzene rings is 1. The van der Waals surface area contributed by atoms with Gasteiger partial charge in [-0.2, -0.15) is 0 Å². The molecule has 0 saturated heterocycles. The molecule has 1 aromatic carbocycles. The molecule has 2 atom stereocenters. The number of aromatic nitrogens is 1. The lowest BCUT2D eigenvalue weighted by molar-refractivity contribution is 0.238. The lowest BCUT2D eigenvalue weighted by atomic mass is 10.1. The smallest absolute Gasteiger partial charge is 0.320 e. The van der Waals surface area contributed by atoms with Gasteiger partial charge in [-0.3, -0.25) is 5.32 Å². The molecule has 1 aromatic heterocycles. The zero-order valence-electron chi connectivity index (χ0n) is 12.8. The Morgan fingerprint density at radius 3 is 2.83 bits per heavy atom. The largest absolute Gasteiger partial charge is 0.396 e. The number of thiazole rings is 1. The highest BCUT2D eigenvalue weighted by Gasteiger charge is 2.20. The van der Waals surface area contributed by atoms with E-state index in [9.17, 15) is 4.79 Å². The standard InChI is InChI=1S/C17H19N3O2S/c1-11-15(23-16(18-11)13-5-3-2-4-6-13)20-17(22)19-14-8-7-12(9-14)10-21/h2-8,12,14,21H,9-10H2,1H3,(H2,19,20,22)/t12-,14+/m0/s1. The first-order valence-corrected chi connectivity index (χ1v) is 8.37. The van der Waals surface area contributed by atoms with Gasteiger partial charge in [0, 0.05) is 24.1 Å². The summed E-state index contributed by atoms with van der Waals surface area (Å²) in [5.74, 6) is 0.134. The molecule has 2 amide bonds. The summed E-state index contributed by atoms with van der Waals surface area (Å²) in [6.07, 6.45) is 4.60. The van der Waals surface area contributed by atoms with Gasteiger partial charge >= 0.3 is 6.03 Å². The predicted molar refractivity (Wildman–Crippen MR) is 92.6 cm³/mol. The third kappa shape index (κ3) is 3.78. The zero-order valence-corrected chi connectivity index (χ0v) is 13.6. The van der Waals surface area contributed by atoms with E-state index in [1.165, 1.54) is 11.3 Å². The number of aliphatic hydroxyl groups is 1. The maximum atomic E-state index is 12.1. The van der Waals surface area contributed by atoms with Crippen LogP contribution in [0.25, 0.3) is 10.6 Å². The Kier molecular flexibility index (Phi) is 4.73. The Balaban J connectivity index is 1.63. The first kappa shape index (κ1) is 15.7. The van der Waals surface area contributed by atoms with E-state index in [1.54, 1.807) is 0 Å². The van der Waals surface area contributed by atoms with E-state index in [2.05, 4.69) is 15.6 Å². The number of hydrogen-bond acceptors (Lipinski definition) is 4. The van der Waals surface area contributed by atoms with Crippen molar-refractivity contribution in [2.24, 2.45) is 5.92 Å². The number of hydrogen-bond donors (Lipinski definition) is 3. The fourth-order valence-corrected chi connectivity index (χ4v) is 3.51. The Labute approximate surface area is 139 Å². The molecule has 1 heterocycles. The number of carbonyl (C=O) groups is 1. The van der Waals surface area contributed by atoms with E-state index in [1.807, 2.05) is 49.4 Å². The fourth-order valence-electron chi connectivity index (χ4n) is 2.54. The van der Waals surface area contributed by atoms with Crippen LogP contribution < -0.4 is 10.6 Å². The average molecular weight is 329 g/mol. The molecule has 5 nitrogen and oxygen atoms in total. The molecule has 0 aliphatic heterocycles. The minimum absolute atomic E-state index is 0.0334. The number of nitrogens with one attached hydrogen (secondary N) is 2. The van der Waals surface area contributed by atoms with Crippen LogP contribution in [-0.4, -0.2) is 28.8 Å². The van der Waals surface area contributed by atoms with Gasteiger partial charge in [-0.05, 0) is 13.3 Å². The van der Waals surface area contributed by atoms with Crippen LogP contribution in [0.4, 0.5) is 9.80 Å². The average Bonchev–Trinajstić information content (AvgIpc) is 3.15. The third-order valence-electron chi connectivity index (χ3n) is 3.77. The van der Waals surface area contributed by atoms with Crippen molar-refractivity contribution >= 4 is 22.4 Å². The Hall–Kier alpha value is -2.18. The Morgan fingerprint density at radius 1 is 1.35 bits per heavy atom. The molecular formula is C17H19N3O2S. The minimum atomic E-state index is -0.246. The predicted octanol–water partition coefficient (Wildman–Crippen LogP) is 3.18. The number of nitrogens with zero attached hydrogens (tertiary/aromatic N) is 1. The molecule has 6 heteroatoms. The van der Waals surface area contributed by atoms with Gasteiger partial charge in [0.1, 0.15) is 10.0 Å². The molecule has 120 valence electrons. The number of anilines is 1. The van der Waals surface area contributed by atoms with Crippen molar-refractivity contribution in [2.45, 2.75) is 19.4 Å². The van der Waals surface area contributed by atoms with Gasteiger partial charge in [0.2, 0.25) is 0 Å². The molecule has 3 rings (SSSR count). The lowest BCUT2D eigenvalue weighted by Crippen LogP contribution is -2.36. The summed E-state index contributed by atoms with van der Waals surface area (Å²) < 4.78 is 0. The monoisotopic (exact) mass is 329 g/mol. The quantitative estimate of drug-likeness (QED) is 0.754. The second-order valence-corrected chi connectivity index (χ2v) is 6.57. The summed E-state index contributed by atoms with van der Waals surface area (Å²) >= 11 is 1.46. The molecular weight excluding hydrogens is 310 g/mol. The normalized spacial score (nSPS) is 19.7. The molecule has 23 heavy (non-hydrogen) atoms. The topological polar surface area (TPSA) is 74.2 Å². The molecule has 0 saturated carbocycles. The van der Waals surface area contributed by atoms with Crippen molar-refractivity contribution in [3.63, 3.8) is 0 Å². The van der Waals surface area contributed by atoms with E-state index in [-0.39, 0.29) is 24.6 Å². The maximum absolute atomic E-state index is 12.1. The number of aryl methyl sites for hydroxylation is 1. The van der Waals surface area contributed by atoms with E-state index in [0.29, 0.717) is 0 Å². The van der Waals surface area contributed by atoms with Gasteiger partial charge in [-0.15, -0.1) is 0 Å². The second kappa shape index (κ2) is 6.93. The molecule has 1 aliphatic carbocycles. The van der Waals surface area contributed by atoms with E-state index < -0.39 is 0 Å². The molecule has 0 fully saturated rings. The first-order chi connectivity index (χ1) is 11.2. The first-order valence-electron chi connectivity index (χ1n) is 7.55. The number of carbonyl (C=O) groups excluding carboxylic acids is 1. The van der Waals surface area contributed by atoms with Crippen molar-refractivity contribution in [3.8, 4) is 10.6 Å². The minimum Gasteiger partial charge on any atom is -0.396 e. The molecule has 0 spiro atoms. The van der Waals surface area contributed by atoms with Crippen LogP contribution in [0.15, 0.2) is 42.5 Å². The van der Waals surface area contributed by atoms with E-state index in [0.717, 1.165) is 27.7 Å². The summed E-state index contributed by atoms with van der Waals surface area (Å²) in [5, 5.41) is 16.5. The SMILES string of the molecule is Cc1nc(-c2ccccc2)sc1NC(=O)N[C@@H]1C=C[C@H](CO)C1. The van der Waals surface area contributed by atoms with Crippen LogP contribution >= 0.6 is 11.3 Å². The molecule has 2 aromatic rings. The van der Waals surface area contributed by atoms with Crippen molar-refractivity contribution in [2.75, 3.05) is 11.9 Å². The number of rotatable bonds is 4. The van der Waals surface area contributed by atoms with E-state index in [4.69, 9.17) is 5.11 Å². The third-order valence-corrected chi connectivity index (χ3v) is 4.89. The highest BCUT2D eigenvalue weighted by molar-refractivity contribution is 7.19. The van der Waals surface area contributed by atoms with Crippen molar-refractivity contribution in [1.29, 1.82) is 0 Å². The van der Waals surface area contributed by atoms with Crippen LogP contribution in [0.2, 0.25) is 0 Å². The van der Waals surface area contributed by atoms with Crippen LogP contribution in [0.5, 0.6) is 0 Å². The van der Waals surface area contributed by atoms with Crippen LogP contribution in [0, 0.1) is 12.8 Å². The fraction of sp³-hybridized carbons (Fsp3) is 0.294. The molecule has 1 aliphatic rings. The number of aliphatic hydroxyl groups excluding tert-OH is 1. The highest BCUT2D eigenvalue weighted by atomic mass is 32.1. The second-order valence-electron chi connectivity index (χ2n) is 5.57. The van der Waals surface area contributed by atoms with Crippen LogP contribution in [-0.2, 0) is 0 Å². The van der Waals surface area contributed by atoms with Gasteiger partial charge in [-0.25, -0.2) is 9.78 Å². The van der Waals surface area contributed by atoms with Crippen LogP contribution in [0.1, 0.15) is 12.1 Å². The van der Waals surface area contributed by atoms with Gasteiger partial charge in [-0.1, -0.05) is 53.8 Å². The van der Waals surface area contributed by atoms with Gasteiger partial charge in [0.05, 0.1) is 5.69 Å². The molecule has 3 N–H and O–H groups in total. The highest BCUT2D eigenvalue weighted by Crippen LogP contribution is 2.31. The summed E-state index contributed by atoms with van der Waals surface area (Å²) in [6.45, 7) is 2.00. The van der Waals surface area contributed by atoms with Crippen molar-refractivity contribution in [3.05, 3.63) is 48.2 Å². The van der Waals surface area contributed by atoms with Crippen molar-refractivity contribution < 1.29 is 9.90 Å².